The van der Waals surface area contributed by atoms with Gasteiger partial charge < -0.3 is 0 Å². The first kappa shape index (κ1) is 51.5. The molecule has 360 valence electrons. The van der Waals surface area contributed by atoms with Crippen LogP contribution in [0.4, 0.5) is 39.5 Å². The van der Waals surface area contributed by atoms with E-state index in [1.54, 1.807) is 17.4 Å². The number of aryl methyl sites for hydroxylation is 3. The summed E-state index contributed by atoms with van der Waals surface area (Å²) in [6, 6.07) is 20.0. The van der Waals surface area contributed by atoms with Crippen molar-refractivity contribution in [1.82, 2.24) is 29.9 Å². The van der Waals surface area contributed by atoms with Crippen molar-refractivity contribution in [3.63, 3.8) is 0 Å². The van der Waals surface area contributed by atoms with Crippen LogP contribution in [-0.4, -0.2) is 61.3 Å². The average molecular weight is 1070 g/mol. The van der Waals surface area contributed by atoms with Gasteiger partial charge in [0.05, 0.1) is 44.6 Å². The number of nitrogens with zero attached hydrogens (tertiary/aromatic N) is 6. The van der Waals surface area contributed by atoms with E-state index in [0.717, 1.165) is 72.9 Å². The van der Waals surface area contributed by atoms with Crippen LogP contribution in [0.3, 0.4) is 0 Å². The topological polar surface area (TPSA) is 129 Å². The van der Waals surface area contributed by atoms with Gasteiger partial charge in [0.15, 0.2) is 5.16 Å². The second-order valence-corrected chi connectivity index (χ2v) is 22.6. The number of hydrogen-bond acceptors (Lipinski definition) is 13. The Morgan fingerprint density at radius 2 is 0.841 bits per heavy atom. The molecule has 3 aromatic carbocycles. The molecule has 24 heteroatoms. The summed E-state index contributed by atoms with van der Waals surface area (Å²) in [5, 5.41) is 2.69. The fraction of sp³-hybridized carbons (Fsp3) is 0.200. The molecule has 9 aromatic rings. The van der Waals surface area contributed by atoms with Crippen LogP contribution < -0.4 is 0 Å². The van der Waals surface area contributed by atoms with Crippen LogP contribution in [0, 0.1) is 20.8 Å². The highest BCUT2D eigenvalue weighted by Crippen LogP contribution is 2.38. The monoisotopic (exact) mass is 1070 g/mol. The molecule has 0 bridgehead atoms. The number of halogens is 9. The lowest BCUT2D eigenvalue weighted by Crippen LogP contribution is -2.06. The molecule has 0 radical (unpaired) electrons. The van der Waals surface area contributed by atoms with Crippen molar-refractivity contribution in [2.75, 3.05) is 18.8 Å². The molecule has 0 aliphatic heterocycles. The first-order chi connectivity index (χ1) is 32.2. The molecule has 0 saturated heterocycles. The number of thiophene rings is 3. The fourth-order valence-electron chi connectivity index (χ4n) is 6.56. The Morgan fingerprint density at radius 1 is 0.507 bits per heavy atom. The maximum absolute atomic E-state index is 12.7. The third-order valence-corrected chi connectivity index (χ3v) is 14.6. The maximum Gasteiger partial charge on any atom is 0.416 e. The molecule has 0 aliphatic carbocycles. The van der Waals surface area contributed by atoms with Gasteiger partial charge in [-0.05, 0) is 81.6 Å². The number of fused-ring (bicyclic) bond motifs is 3. The van der Waals surface area contributed by atoms with Crippen LogP contribution in [-0.2, 0) is 39.2 Å². The molecular formula is C45H33F9N6O3S6. The summed E-state index contributed by atoms with van der Waals surface area (Å²) in [5.41, 5.74) is 0.924. The number of sulfone groups is 1. The molecule has 1 unspecified atom stereocenters. The SMILES string of the molecule is CSc1nc(-c2ccc(C(F)(F)F)cc2)c2cc(C)sc2n1.Cc1cc2c(-c3ccc(C(F)(F)F)cc3)nc(S(C)(=O)=O)nc2s1.Cc1cc2c(-c3ccc(C(F)(F)F)cc3)nc(S(C)=O)nc2s1. The molecule has 0 saturated carbocycles. The average Bonchev–Trinajstić information content (AvgIpc) is 3.98. The van der Waals surface area contributed by atoms with Gasteiger partial charge in [-0.15, -0.1) is 34.0 Å². The van der Waals surface area contributed by atoms with Gasteiger partial charge in [0.1, 0.15) is 14.5 Å². The number of alkyl halides is 9. The van der Waals surface area contributed by atoms with Crippen molar-refractivity contribution in [1.29, 1.82) is 0 Å². The molecule has 9 nitrogen and oxygen atoms in total. The van der Waals surface area contributed by atoms with Crippen LogP contribution in [0.2, 0.25) is 0 Å². The number of thioether (sulfide) groups is 1. The highest BCUT2D eigenvalue weighted by molar-refractivity contribution is 7.98. The van der Waals surface area contributed by atoms with E-state index in [4.69, 9.17) is 0 Å². The van der Waals surface area contributed by atoms with Gasteiger partial charge in [-0.1, -0.05) is 48.2 Å². The first-order valence-corrected chi connectivity index (χ1v) is 26.8. The third kappa shape index (κ3) is 12.0. The van der Waals surface area contributed by atoms with E-state index < -0.39 is 55.9 Å². The lowest BCUT2D eigenvalue weighted by molar-refractivity contribution is -0.138. The highest BCUT2D eigenvalue weighted by Gasteiger charge is 2.32. The van der Waals surface area contributed by atoms with Gasteiger partial charge in [-0.2, -0.15) is 39.5 Å². The maximum atomic E-state index is 12.7. The molecule has 0 amide bonds. The van der Waals surface area contributed by atoms with Crippen LogP contribution in [0.5, 0.6) is 0 Å². The van der Waals surface area contributed by atoms with Gasteiger partial charge in [-0.25, -0.2) is 38.3 Å². The summed E-state index contributed by atoms with van der Waals surface area (Å²) in [5.74, 6) is 0. The zero-order chi connectivity index (χ0) is 50.4. The smallest absolute Gasteiger partial charge is 0.251 e. The minimum absolute atomic E-state index is 0.175. The standard InChI is InChI=1S/C15H11F3N2O2S2.C15H11F3N2OS2.C15H11F3N2S2/c1-8-7-11-12(9-3-5-10(6-4-9)15(16,17)18)19-14(24(2,21)22)20-13(11)23-8;1-8-7-11-12(19-14(23(2)21)20-13(11)22-8)9-3-5-10(6-4-9)15(16,17)18;1-8-7-11-12(19-14(21-2)20-13(11)22-8)9-3-5-10(6-4-9)15(16,17)18/h3-7H,1-2H3;3-7H,1-2H3;3-7H,1-2H3. The molecule has 0 fully saturated rings. The molecule has 0 aliphatic rings. The van der Waals surface area contributed by atoms with E-state index in [2.05, 4.69) is 29.9 Å². The van der Waals surface area contributed by atoms with Crippen LogP contribution in [0.15, 0.2) is 106 Å². The summed E-state index contributed by atoms with van der Waals surface area (Å²) in [6.07, 6.45) is -8.81. The number of benzene rings is 3. The Balaban J connectivity index is 0.000000153. The Labute approximate surface area is 406 Å². The molecule has 9 rings (SSSR count). The van der Waals surface area contributed by atoms with Crippen molar-refractivity contribution in [3.05, 3.63) is 122 Å². The summed E-state index contributed by atoms with van der Waals surface area (Å²) in [6.45, 7) is 5.72. The van der Waals surface area contributed by atoms with Crippen molar-refractivity contribution in [2.24, 2.45) is 0 Å². The quantitative estimate of drug-likeness (QED) is 0.0902. The Bertz CT molecular complexity index is 3480. The fourth-order valence-corrected chi connectivity index (χ4v) is 10.7. The molecule has 0 N–H and O–H groups in total. The first-order valence-electron chi connectivity index (χ1n) is 19.6. The van der Waals surface area contributed by atoms with Gasteiger partial charge in [0.2, 0.25) is 20.2 Å². The van der Waals surface area contributed by atoms with Gasteiger partial charge >= 0.3 is 18.5 Å². The van der Waals surface area contributed by atoms with E-state index in [1.807, 2.05) is 39.2 Å². The molecular weight excluding hydrogens is 1040 g/mol. The highest BCUT2D eigenvalue weighted by atomic mass is 32.2. The molecule has 6 aromatic heterocycles. The lowest BCUT2D eigenvalue weighted by atomic mass is 10.1. The largest absolute Gasteiger partial charge is 0.416 e. The van der Waals surface area contributed by atoms with Crippen LogP contribution >= 0.6 is 45.8 Å². The van der Waals surface area contributed by atoms with Crippen molar-refractivity contribution >= 4 is 97.1 Å². The zero-order valence-corrected chi connectivity index (χ0v) is 41.3. The van der Waals surface area contributed by atoms with Gasteiger partial charge in [-0.3, -0.25) is 4.21 Å². The third-order valence-electron chi connectivity index (χ3n) is 9.71. The summed E-state index contributed by atoms with van der Waals surface area (Å²) < 4.78 is 149. The van der Waals surface area contributed by atoms with Crippen molar-refractivity contribution < 1.29 is 52.1 Å². The minimum atomic E-state index is -4.43. The second kappa shape index (κ2) is 19.8. The minimum Gasteiger partial charge on any atom is -0.251 e. The van der Waals surface area contributed by atoms with Crippen LogP contribution in [0.25, 0.3) is 64.4 Å². The Hall–Kier alpha value is -5.40. The summed E-state index contributed by atoms with van der Waals surface area (Å²) in [4.78, 5) is 30.6. The second-order valence-electron chi connectivity index (χ2n) is 14.9. The van der Waals surface area contributed by atoms with Crippen molar-refractivity contribution in [3.8, 4) is 33.8 Å². The van der Waals surface area contributed by atoms with E-state index in [9.17, 15) is 52.1 Å². The predicted molar refractivity (Wildman–Crippen MR) is 255 cm³/mol. The number of hydrogen-bond donors (Lipinski definition) is 0. The van der Waals surface area contributed by atoms with Gasteiger partial charge in [0.25, 0.3) is 0 Å². The van der Waals surface area contributed by atoms with Gasteiger partial charge in [0, 0.05) is 60.0 Å². The molecule has 1 atom stereocenters. The van der Waals surface area contributed by atoms with E-state index in [1.165, 1.54) is 77.1 Å². The molecule has 6 heterocycles. The Kier molecular flexibility index (Phi) is 14.7. The number of aromatic nitrogens is 6. The Morgan fingerprint density at radius 3 is 1.17 bits per heavy atom. The summed E-state index contributed by atoms with van der Waals surface area (Å²) >= 11 is 5.70. The predicted octanol–water partition coefficient (Wildman–Crippen LogP) is 13.9. The van der Waals surface area contributed by atoms with Crippen molar-refractivity contribution in [2.45, 2.75) is 54.8 Å². The normalized spacial score (nSPS) is 12.7. The number of rotatable bonds is 6. The van der Waals surface area contributed by atoms with Crippen LogP contribution in [0.1, 0.15) is 31.3 Å². The molecule has 0 spiro atoms. The van der Waals surface area contributed by atoms with E-state index in [-0.39, 0.29) is 10.3 Å². The van der Waals surface area contributed by atoms with E-state index in [0.29, 0.717) is 54.0 Å². The summed E-state index contributed by atoms with van der Waals surface area (Å²) in [7, 11) is -5.02. The molecule has 69 heavy (non-hydrogen) atoms. The zero-order valence-electron chi connectivity index (χ0n) is 36.4. The van der Waals surface area contributed by atoms with E-state index >= 15 is 0 Å². The lowest BCUT2D eigenvalue weighted by Gasteiger charge is -2.09.